The van der Waals surface area contributed by atoms with Gasteiger partial charge in [0.25, 0.3) is 5.91 Å². The van der Waals surface area contributed by atoms with E-state index in [1.165, 1.54) is 0 Å². The first kappa shape index (κ1) is 21.1. The molecule has 1 N–H and O–H groups in total. The Kier molecular flexibility index (Phi) is 6.67. The van der Waals surface area contributed by atoms with E-state index in [-0.39, 0.29) is 12.0 Å². The molecule has 162 valence electrons. The molecule has 0 radical (unpaired) electrons. The van der Waals surface area contributed by atoms with Crippen molar-refractivity contribution in [3.8, 4) is 5.75 Å². The molecule has 1 aliphatic heterocycles. The van der Waals surface area contributed by atoms with E-state index in [4.69, 9.17) is 9.47 Å². The predicted octanol–water partition coefficient (Wildman–Crippen LogP) is 4.04. The highest BCUT2D eigenvalue weighted by Gasteiger charge is 2.16. The van der Waals surface area contributed by atoms with Crippen LogP contribution in [-0.2, 0) is 17.8 Å². The molecule has 0 bridgehead atoms. The monoisotopic (exact) mass is 419 g/mol. The van der Waals surface area contributed by atoms with Crippen molar-refractivity contribution >= 4 is 5.91 Å². The third kappa shape index (κ3) is 5.73. The number of aromatic nitrogens is 2. The molecule has 6 heteroatoms. The number of nitrogens with one attached hydrogen (secondary N) is 1. The highest BCUT2D eigenvalue weighted by Crippen LogP contribution is 2.17. The summed E-state index contributed by atoms with van der Waals surface area (Å²) in [6, 6.07) is 17.5. The molecule has 1 aliphatic rings. The largest absolute Gasteiger partial charge is 0.491 e. The van der Waals surface area contributed by atoms with Gasteiger partial charge in [-0.1, -0.05) is 24.3 Å². The van der Waals surface area contributed by atoms with Crippen molar-refractivity contribution in [1.29, 1.82) is 0 Å². The highest BCUT2D eigenvalue weighted by molar-refractivity contribution is 5.94. The molecule has 2 heterocycles. The van der Waals surface area contributed by atoms with Crippen molar-refractivity contribution in [2.75, 3.05) is 13.2 Å². The van der Waals surface area contributed by atoms with Crippen LogP contribution < -0.4 is 10.1 Å². The summed E-state index contributed by atoms with van der Waals surface area (Å²) in [7, 11) is 0. The van der Waals surface area contributed by atoms with E-state index in [0.29, 0.717) is 18.7 Å². The zero-order valence-corrected chi connectivity index (χ0v) is 18.1. The second-order valence-corrected chi connectivity index (χ2v) is 8.06. The Bertz CT molecular complexity index is 1020. The molecule has 1 unspecified atom stereocenters. The second kappa shape index (κ2) is 9.79. The van der Waals surface area contributed by atoms with Crippen LogP contribution in [0.5, 0.6) is 5.75 Å². The van der Waals surface area contributed by atoms with E-state index in [9.17, 15) is 4.79 Å². The first-order chi connectivity index (χ1) is 15.1. The lowest BCUT2D eigenvalue weighted by atomic mass is 10.1. The fourth-order valence-corrected chi connectivity index (χ4v) is 3.80. The van der Waals surface area contributed by atoms with Gasteiger partial charge in [0.2, 0.25) is 0 Å². The van der Waals surface area contributed by atoms with Crippen LogP contribution in [0, 0.1) is 13.8 Å². The molecule has 31 heavy (non-hydrogen) atoms. The van der Waals surface area contributed by atoms with Crippen LogP contribution in [-0.4, -0.2) is 35.0 Å². The third-order valence-corrected chi connectivity index (χ3v) is 5.46. The second-order valence-electron chi connectivity index (χ2n) is 8.06. The average molecular weight is 420 g/mol. The normalized spacial score (nSPS) is 15.7. The van der Waals surface area contributed by atoms with Gasteiger partial charge in [0.05, 0.1) is 18.3 Å². The quantitative estimate of drug-likeness (QED) is 0.599. The number of rotatable bonds is 8. The Morgan fingerprint density at radius 1 is 1.16 bits per heavy atom. The van der Waals surface area contributed by atoms with Gasteiger partial charge in [0, 0.05) is 24.4 Å². The van der Waals surface area contributed by atoms with Crippen molar-refractivity contribution in [2.24, 2.45) is 0 Å². The average Bonchev–Trinajstić information content (AvgIpc) is 3.40. The number of benzene rings is 2. The first-order valence-electron chi connectivity index (χ1n) is 10.8. The third-order valence-electron chi connectivity index (χ3n) is 5.46. The molecule has 0 saturated carbocycles. The predicted molar refractivity (Wildman–Crippen MR) is 119 cm³/mol. The van der Waals surface area contributed by atoms with Crippen molar-refractivity contribution in [1.82, 2.24) is 15.1 Å². The minimum Gasteiger partial charge on any atom is -0.491 e. The van der Waals surface area contributed by atoms with Crippen molar-refractivity contribution in [2.45, 2.75) is 45.9 Å². The summed E-state index contributed by atoms with van der Waals surface area (Å²) in [5.41, 5.74) is 4.99. The summed E-state index contributed by atoms with van der Waals surface area (Å²) < 4.78 is 13.3. The van der Waals surface area contributed by atoms with Crippen LogP contribution >= 0.6 is 0 Å². The van der Waals surface area contributed by atoms with Gasteiger partial charge < -0.3 is 14.8 Å². The number of carbonyl (C=O) groups is 1. The van der Waals surface area contributed by atoms with Gasteiger partial charge in [-0.3, -0.25) is 9.48 Å². The zero-order chi connectivity index (χ0) is 21.6. The lowest BCUT2D eigenvalue weighted by Crippen LogP contribution is -2.22. The Morgan fingerprint density at radius 3 is 2.68 bits per heavy atom. The summed E-state index contributed by atoms with van der Waals surface area (Å²) in [5.74, 6) is 0.651. The molecule has 1 atom stereocenters. The first-order valence-corrected chi connectivity index (χ1v) is 10.8. The van der Waals surface area contributed by atoms with Crippen molar-refractivity contribution < 1.29 is 14.3 Å². The molecule has 4 rings (SSSR count). The van der Waals surface area contributed by atoms with Crippen molar-refractivity contribution in [3.63, 3.8) is 0 Å². The van der Waals surface area contributed by atoms with Gasteiger partial charge in [-0.15, -0.1) is 0 Å². The van der Waals surface area contributed by atoms with Gasteiger partial charge in [0.1, 0.15) is 12.4 Å². The molecule has 1 saturated heterocycles. The number of amides is 1. The van der Waals surface area contributed by atoms with Gasteiger partial charge in [-0.2, -0.15) is 5.10 Å². The Hall–Kier alpha value is -3.12. The van der Waals surface area contributed by atoms with E-state index >= 15 is 0 Å². The molecule has 1 fully saturated rings. The standard InChI is InChI=1S/C25H29N3O3/c1-18-13-19(2)28(27-18)16-21-6-3-5-20(14-21)15-26-25(29)22-8-10-23(11-9-22)31-17-24-7-4-12-30-24/h3,5-6,8-11,13-14,24H,4,7,12,15-17H2,1-2H3,(H,26,29). The molecule has 6 nitrogen and oxygen atoms in total. The van der Waals surface area contributed by atoms with E-state index in [1.54, 1.807) is 12.1 Å². The van der Waals surface area contributed by atoms with Gasteiger partial charge in [0.15, 0.2) is 0 Å². The maximum absolute atomic E-state index is 12.5. The topological polar surface area (TPSA) is 65.4 Å². The van der Waals surface area contributed by atoms with Gasteiger partial charge in [-0.25, -0.2) is 0 Å². The number of hydrogen-bond donors (Lipinski definition) is 1. The number of aryl methyl sites for hydroxylation is 2. The minimum atomic E-state index is -0.102. The van der Waals surface area contributed by atoms with Crippen LogP contribution in [0.3, 0.4) is 0 Å². The Labute approximate surface area is 183 Å². The van der Waals surface area contributed by atoms with Crippen LogP contribution in [0.2, 0.25) is 0 Å². The van der Waals surface area contributed by atoms with Crippen LogP contribution in [0.15, 0.2) is 54.6 Å². The number of nitrogens with zero attached hydrogens (tertiary/aromatic N) is 2. The number of hydrogen-bond acceptors (Lipinski definition) is 4. The smallest absolute Gasteiger partial charge is 0.251 e. The minimum absolute atomic E-state index is 0.102. The fraction of sp³-hybridized carbons (Fsp3) is 0.360. The molecular weight excluding hydrogens is 390 g/mol. The molecule has 0 aliphatic carbocycles. The van der Waals surface area contributed by atoms with E-state index in [1.807, 2.05) is 35.9 Å². The summed E-state index contributed by atoms with van der Waals surface area (Å²) in [5, 5.41) is 7.52. The van der Waals surface area contributed by atoms with E-state index in [0.717, 1.165) is 54.3 Å². The van der Waals surface area contributed by atoms with Crippen LogP contribution in [0.4, 0.5) is 0 Å². The molecule has 1 aromatic heterocycles. The fourth-order valence-electron chi connectivity index (χ4n) is 3.80. The maximum Gasteiger partial charge on any atom is 0.251 e. The number of carbonyl (C=O) groups excluding carboxylic acids is 1. The van der Waals surface area contributed by atoms with Crippen LogP contribution in [0.1, 0.15) is 45.7 Å². The molecular formula is C25H29N3O3. The summed E-state index contributed by atoms with van der Waals surface area (Å²) in [6.07, 6.45) is 2.32. The highest BCUT2D eigenvalue weighted by atomic mass is 16.5. The zero-order valence-electron chi connectivity index (χ0n) is 18.1. The molecule has 2 aromatic carbocycles. The molecule has 1 amide bonds. The Morgan fingerprint density at radius 2 is 1.97 bits per heavy atom. The molecule has 3 aromatic rings. The van der Waals surface area contributed by atoms with Crippen LogP contribution in [0.25, 0.3) is 0 Å². The van der Waals surface area contributed by atoms with Gasteiger partial charge in [-0.05, 0) is 68.1 Å². The lowest BCUT2D eigenvalue weighted by Gasteiger charge is -2.12. The summed E-state index contributed by atoms with van der Waals surface area (Å²) in [4.78, 5) is 12.5. The van der Waals surface area contributed by atoms with Crippen molar-refractivity contribution in [3.05, 3.63) is 82.7 Å². The summed E-state index contributed by atoms with van der Waals surface area (Å²) in [6.45, 7) is 6.62. The maximum atomic E-state index is 12.5. The Balaban J connectivity index is 1.29. The van der Waals surface area contributed by atoms with E-state index < -0.39 is 0 Å². The SMILES string of the molecule is Cc1cc(C)n(Cc2cccc(CNC(=O)c3ccc(OCC4CCCO4)cc3)c2)n1. The lowest BCUT2D eigenvalue weighted by molar-refractivity contribution is 0.0679. The molecule has 0 spiro atoms. The number of ether oxygens (including phenoxy) is 2. The van der Waals surface area contributed by atoms with E-state index in [2.05, 4.69) is 35.5 Å². The van der Waals surface area contributed by atoms with Gasteiger partial charge >= 0.3 is 0 Å². The summed E-state index contributed by atoms with van der Waals surface area (Å²) >= 11 is 0.